The molecule has 29 heavy (non-hydrogen) atoms. The van der Waals surface area contributed by atoms with Crippen molar-refractivity contribution in [1.82, 2.24) is 5.32 Å². The molecule has 0 aliphatic rings. The van der Waals surface area contributed by atoms with Gasteiger partial charge in [-0.15, -0.1) is 11.3 Å². The summed E-state index contributed by atoms with van der Waals surface area (Å²) in [7, 11) is -3.92. The van der Waals surface area contributed by atoms with Crippen LogP contribution >= 0.6 is 11.3 Å². The van der Waals surface area contributed by atoms with E-state index in [0.717, 1.165) is 18.2 Å². The number of amides is 1. The van der Waals surface area contributed by atoms with Gasteiger partial charge in [-0.3, -0.25) is 14.9 Å². The van der Waals surface area contributed by atoms with Crippen LogP contribution in [0.4, 0.5) is 10.1 Å². The van der Waals surface area contributed by atoms with E-state index in [1.165, 1.54) is 41.7 Å². The topological polar surface area (TPSA) is 106 Å². The van der Waals surface area contributed by atoms with Crippen molar-refractivity contribution in [2.24, 2.45) is 0 Å². The minimum absolute atomic E-state index is 0.0447. The number of nitro groups is 1. The molecule has 1 aromatic heterocycles. The molecule has 0 saturated carbocycles. The number of rotatable bonds is 7. The second kappa shape index (κ2) is 8.50. The van der Waals surface area contributed by atoms with E-state index < -0.39 is 31.7 Å². The molecule has 0 bridgehead atoms. The Morgan fingerprint density at radius 2 is 1.86 bits per heavy atom. The van der Waals surface area contributed by atoms with Gasteiger partial charge in [0, 0.05) is 29.1 Å². The Morgan fingerprint density at radius 1 is 1.14 bits per heavy atom. The molecule has 0 radical (unpaired) electrons. The first-order chi connectivity index (χ1) is 13.8. The number of nitrogens with zero attached hydrogens (tertiary/aromatic N) is 1. The second-order valence-corrected chi connectivity index (χ2v) is 9.13. The normalized spacial score (nSPS) is 12.3. The van der Waals surface area contributed by atoms with E-state index in [9.17, 15) is 27.7 Å². The Labute approximate surface area is 169 Å². The van der Waals surface area contributed by atoms with Crippen LogP contribution < -0.4 is 5.32 Å². The minimum atomic E-state index is -3.92. The Morgan fingerprint density at radius 3 is 2.48 bits per heavy atom. The number of non-ortho nitro benzene ring substituents is 1. The number of hydrogen-bond acceptors (Lipinski definition) is 6. The summed E-state index contributed by atoms with van der Waals surface area (Å²) in [4.78, 5) is 23.1. The maximum Gasteiger partial charge on any atom is 0.270 e. The molecule has 2 aromatic carbocycles. The van der Waals surface area contributed by atoms with E-state index in [1.54, 1.807) is 17.5 Å². The summed E-state index contributed by atoms with van der Waals surface area (Å²) in [6, 6.07) is 12.9. The molecule has 0 fully saturated rings. The molecular weight excluding hydrogens is 419 g/mol. The third-order valence-corrected chi connectivity index (χ3v) is 7.38. The highest BCUT2D eigenvalue weighted by atomic mass is 32.2. The summed E-state index contributed by atoms with van der Waals surface area (Å²) in [6.45, 7) is -0.248. The molecule has 0 saturated heterocycles. The third kappa shape index (κ3) is 4.66. The molecule has 0 unspecified atom stereocenters. The fourth-order valence-electron chi connectivity index (χ4n) is 2.67. The van der Waals surface area contributed by atoms with Gasteiger partial charge >= 0.3 is 0 Å². The highest BCUT2D eigenvalue weighted by molar-refractivity contribution is 7.91. The largest absolute Gasteiger partial charge is 0.350 e. The Kier molecular flexibility index (Phi) is 6.04. The zero-order valence-corrected chi connectivity index (χ0v) is 16.5. The van der Waals surface area contributed by atoms with E-state index in [0.29, 0.717) is 4.88 Å². The fraction of sp³-hybridized carbons (Fsp3) is 0.105. The van der Waals surface area contributed by atoms with E-state index in [2.05, 4.69) is 5.32 Å². The van der Waals surface area contributed by atoms with Crippen molar-refractivity contribution in [3.05, 3.63) is 92.4 Å². The minimum Gasteiger partial charge on any atom is -0.350 e. The number of benzene rings is 2. The number of nitro benzene ring substituents is 1. The smallest absolute Gasteiger partial charge is 0.270 e. The van der Waals surface area contributed by atoms with E-state index >= 15 is 0 Å². The molecule has 1 atom stereocenters. The summed E-state index contributed by atoms with van der Waals surface area (Å²) in [5.41, 5.74) is -0.199. The van der Waals surface area contributed by atoms with Gasteiger partial charge in [0.05, 0.1) is 9.82 Å². The van der Waals surface area contributed by atoms with Crippen LogP contribution in [0, 0.1) is 15.9 Å². The zero-order chi connectivity index (χ0) is 21.0. The summed E-state index contributed by atoms with van der Waals surface area (Å²) < 4.78 is 39.3. The van der Waals surface area contributed by atoms with Crippen LogP contribution in [0.1, 0.15) is 20.5 Å². The number of hydrogen-bond donors (Lipinski definition) is 1. The van der Waals surface area contributed by atoms with E-state index in [-0.39, 0.29) is 22.7 Å². The zero-order valence-electron chi connectivity index (χ0n) is 14.8. The van der Waals surface area contributed by atoms with Gasteiger partial charge in [0.15, 0.2) is 9.84 Å². The van der Waals surface area contributed by atoms with E-state index in [1.807, 2.05) is 0 Å². The van der Waals surface area contributed by atoms with Crippen LogP contribution in [0.5, 0.6) is 0 Å². The number of nitrogens with one attached hydrogen (secondary N) is 1. The van der Waals surface area contributed by atoms with Crippen molar-refractivity contribution >= 4 is 32.8 Å². The predicted octanol–water partition coefficient (Wildman–Crippen LogP) is 3.74. The summed E-state index contributed by atoms with van der Waals surface area (Å²) in [6.07, 6.45) is 0. The summed E-state index contributed by atoms with van der Waals surface area (Å²) >= 11 is 1.22. The average Bonchev–Trinajstić information content (AvgIpc) is 3.22. The molecule has 0 aliphatic heterocycles. The number of carbonyl (C=O) groups is 1. The lowest BCUT2D eigenvalue weighted by molar-refractivity contribution is -0.384. The molecule has 0 spiro atoms. The Balaban J connectivity index is 1.86. The van der Waals surface area contributed by atoms with E-state index in [4.69, 9.17) is 0 Å². The Bertz CT molecular complexity index is 1130. The maximum atomic E-state index is 13.2. The lowest BCUT2D eigenvalue weighted by Crippen LogP contribution is -2.31. The number of halogens is 1. The van der Waals surface area contributed by atoms with Gasteiger partial charge in [-0.25, -0.2) is 12.8 Å². The van der Waals surface area contributed by atoms with Crippen molar-refractivity contribution in [1.29, 1.82) is 0 Å². The van der Waals surface area contributed by atoms with Crippen molar-refractivity contribution in [3.8, 4) is 0 Å². The highest BCUT2D eigenvalue weighted by Crippen LogP contribution is 2.31. The lowest BCUT2D eigenvalue weighted by atomic mass is 10.2. The molecule has 0 aliphatic carbocycles. The standard InChI is InChI=1S/C19H15FN2O5S2/c20-14-6-8-16(9-7-14)29(26,27)18(17-5-2-10-28-17)12-21-19(23)13-3-1-4-15(11-13)22(24)25/h1-11,18H,12H2,(H,21,23)/t18-/m1/s1. The predicted molar refractivity (Wildman–Crippen MR) is 106 cm³/mol. The molecular formula is C19H15FN2O5S2. The third-order valence-electron chi connectivity index (χ3n) is 4.14. The number of thiophene rings is 1. The lowest BCUT2D eigenvalue weighted by Gasteiger charge is -2.17. The fourth-order valence-corrected chi connectivity index (χ4v) is 5.46. The first kappa shape index (κ1) is 20.6. The van der Waals surface area contributed by atoms with Crippen LogP contribution in [0.3, 0.4) is 0 Å². The molecule has 1 amide bonds. The number of carbonyl (C=O) groups excluding carboxylic acids is 1. The highest BCUT2D eigenvalue weighted by Gasteiger charge is 2.30. The van der Waals surface area contributed by atoms with Crippen molar-refractivity contribution in [2.45, 2.75) is 10.1 Å². The van der Waals surface area contributed by atoms with Crippen molar-refractivity contribution in [2.75, 3.05) is 6.54 Å². The van der Waals surface area contributed by atoms with Gasteiger partial charge < -0.3 is 5.32 Å². The molecule has 1 heterocycles. The SMILES string of the molecule is O=C(NC[C@H](c1cccs1)S(=O)(=O)c1ccc(F)cc1)c1cccc([N+](=O)[O-])c1. The Hall–Kier alpha value is -3.11. The monoisotopic (exact) mass is 434 g/mol. The first-order valence-corrected chi connectivity index (χ1v) is 10.8. The second-order valence-electron chi connectivity index (χ2n) is 6.02. The first-order valence-electron chi connectivity index (χ1n) is 8.34. The van der Waals surface area contributed by atoms with Crippen molar-refractivity contribution in [3.63, 3.8) is 0 Å². The molecule has 3 rings (SSSR count). The summed E-state index contributed by atoms with van der Waals surface area (Å²) in [5, 5.41) is 14.0. The van der Waals surface area contributed by atoms with Gasteiger partial charge in [-0.2, -0.15) is 0 Å². The van der Waals surface area contributed by atoms with Crippen LogP contribution in [-0.4, -0.2) is 25.8 Å². The van der Waals surface area contributed by atoms with Gasteiger partial charge in [-0.05, 0) is 41.8 Å². The summed E-state index contributed by atoms with van der Waals surface area (Å²) in [5.74, 6) is -1.19. The maximum absolute atomic E-state index is 13.2. The molecule has 150 valence electrons. The molecule has 3 aromatic rings. The van der Waals surface area contributed by atoms with Crippen LogP contribution in [0.2, 0.25) is 0 Å². The van der Waals surface area contributed by atoms with Gasteiger partial charge in [0.1, 0.15) is 11.1 Å². The van der Waals surface area contributed by atoms with Crippen LogP contribution in [-0.2, 0) is 9.84 Å². The van der Waals surface area contributed by atoms with Gasteiger partial charge in [0.2, 0.25) is 0 Å². The number of sulfone groups is 1. The van der Waals surface area contributed by atoms with Crippen LogP contribution in [0.25, 0.3) is 0 Å². The van der Waals surface area contributed by atoms with Crippen molar-refractivity contribution < 1.29 is 22.5 Å². The average molecular weight is 434 g/mol. The van der Waals surface area contributed by atoms with Gasteiger partial charge in [0.25, 0.3) is 11.6 Å². The van der Waals surface area contributed by atoms with Gasteiger partial charge in [-0.1, -0.05) is 12.1 Å². The molecule has 10 heteroatoms. The molecule has 1 N–H and O–H groups in total. The van der Waals surface area contributed by atoms with Crippen LogP contribution in [0.15, 0.2) is 70.9 Å². The quantitative estimate of drug-likeness (QED) is 0.346. The molecule has 7 nitrogen and oxygen atoms in total.